The quantitative estimate of drug-likeness (QED) is 0.875. The summed E-state index contributed by atoms with van der Waals surface area (Å²) in [5, 5.41) is 4.30. The second kappa shape index (κ2) is 6.40. The zero-order valence-corrected chi connectivity index (χ0v) is 13.5. The van der Waals surface area contributed by atoms with Gasteiger partial charge >= 0.3 is 0 Å². The van der Waals surface area contributed by atoms with Crippen LogP contribution < -0.4 is 4.72 Å². The molecule has 0 spiro atoms. The van der Waals surface area contributed by atoms with Crippen LogP contribution in [0.2, 0.25) is 5.02 Å². The van der Waals surface area contributed by atoms with E-state index in [0.717, 1.165) is 24.8 Å². The van der Waals surface area contributed by atoms with Crippen molar-refractivity contribution >= 4 is 21.6 Å². The van der Waals surface area contributed by atoms with E-state index in [-0.39, 0.29) is 11.8 Å². The lowest BCUT2D eigenvalue weighted by Crippen LogP contribution is -2.36. The Morgan fingerprint density at radius 2 is 2.00 bits per heavy atom. The molecule has 118 valence electrons. The maximum Gasteiger partial charge on any atom is 0.218 e. The summed E-state index contributed by atoms with van der Waals surface area (Å²) >= 11 is 5.91. The highest BCUT2D eigenvalue weighted by Crippen LogP contribution is 2.38. The lowest BCUT2D eigenvalue weighted by Gasteiger charge is -2.34. The number of sulfonamides is 1. The lowest BCUT2D eigenvalue weighted by atomic mass is 9.77. The maximum absolute atomic E-state index is 12.4. The van der Waals surface area contributed by atoms with Gasteiger partial charge < -0.3 is 4.52 Å². The van der Waals surface area contributed by atoms with E-state index in [4.69, 9.17) is 11.6 Å². The average Bonchev–Trinajstić information content (AvgIpc) is 2.88. The van der Waals surface area contributed by atoms with Crippen LogP contribution in [-0.2, 0) is 15.8 Å². The van der Waals surface area contributed by atoms with E-state index < -0.39 is 10.0 Å². The van der Waals surface area contributed by atoms with Crippen LogP contribution in [0.1, 0.15) is 36.6 Å². The van der Waals surface area contributed by atoms with Gasteiger partial charge in [0, 0.05) is 17.1 Å². The van der Waals surface area contributed by atoms with Gasteiger partial charge in [-0.15, -0.1) is 0 Å². The molecule has 1 aromatic carbocycles. The van der Waals surface area contributed by atoms with Crippen LogP contribution in [0.15, 0.2) is 41.1 Å². The van der Waals surface area contributed by atoms with Crippen molar-refractivity contribution in [2.45, 2.75) is 31.1 Å². The standard InChI is InChI=1S/C15H17ClN2O3S/c16-13-6-4-12(5-7-13)15(11-2-1-3-11)18-22(19,20)10-14-8-9-21-17-14/h4-9,11,15,18H,1-3,10H2/t15-/m1/s1. The van der Waals surface area contributed by atoms with Crippen molar-refractivity contribution in [3.05, 3.63) is 52.9 Å². The Balaban J connectivity index is 1.79. The number of aromatic nitrogens is 1. The minimum Gasteiger partial charge on any atom is -0.364 e. The first-order valence-electron chi connectivity index (χ1n) is 7.18. The zero-order valence-electron chi connectivity index (χ0n) is 11.9. The van der Waals surface area contributed by atoms with Crippen LogP contribution in [-0.4, -0.2) is 13.6 Å². The molecule has 2 aromatic rings. The fourth-order valence-corrected chi connectivity index (χ4v) is 4.08. The normalized spacial score (nSPS) is 17.1. The molecule has 0 aliphatic heterocycles. The van der Waals surface area contributed by atoms with Crippen molar-refractivity contribution in [1.82, 2.24) is 9.88 Å². The SMILES string of the molecule is O=S(=O)(Cc1ccon1)N[C@@H](c1ccc(Cl)cc1)C1CCC1. The van der Waals surface area contributed by atoms with Gasteiger partial charge in [-0.3, -0.25) is 0 Å². The number of rotatable bonds is 6. The molecule has 1 N–H and O–H groups in total. The predicted octanol–water partition coefficient (Wildman–Crippen LogP) is 3.29. The zero-order chi connectivity index (χ0) is 15.6. The van der Waals surface area contributed by atoms with Crippen molar-refractivity contribution in [2.24, 2.45) is 5.92 Å². The van der Waals surface area contributed by atoms with Gasteiger partial charge in [0.1, 0.15) is 12.0 Å². The van der Waals surface area contributed by atoms with Crippen molar-refractivity contribution in [3.63, 3.8) is 0 Å². The third-order valence-corrected chi connectivity index (χ3v) is 5.53. The second-order valence-electron chi connectivity index (χ2n) is 5.59. The maximum atomic E-state index is 12.4. The molecule has 22 heavy (non-hydrogen) atoms. The third kappa shape index (κ3) is 3.69. The summed E-state index contributed by atoms with van der Waals surface area (Å²) in [5.41, 5.74) is 1.34. The van der Waals surface area contributed by atoms with E-state index in [2.05, 4.69) is 14.4 Å². The van der Waals surface area contributed by atoms with Crippen LogP contribution >= 0.6 is 11.6 Å². The first kappa shape index (κ1) is 15.5. The lowest BCUT2D eigenvalue weighted by molar-refractivity contribution is 0.251. The smallest absolute Gasteiger partial charge is 0.218 e. The number of benzene rings is 1. The van der Waals surface area contributed by atoms with E-state index in [0.29, 0.717) is 16.6 Å². The van der Waals surface area contributed by atoms with Gasteiger partial charge in [-0.2, -0.15) is 0 Å². The minimum atomic E-state index is -3.49. The Kier molecular flexibility index (Phi) is 4.52. The van der Waals surface area contributed by atoms with E-state index >= 15 is 0 Å². The molecule has 5 nitrogen and oxygen atoms in total. The monoisotopic (exact) mass is 340 g/mol. The minimum absolute atomic E-state index is 0.180. The summed E-state index contributed by atoms with van der Waals surface area (Å²) in [7, 11) is -3.49. The topological polar surface area (TPSA) is 72.2 Å². The first-order valence-corrected chi connectivity index (χ1v) is 9.21. The molecule has 0 saturated heterocycles. The van der Waals surface area contributed by atoms with Crippen LogP contribution in [0, 0.1) is 5.92 Å². The molecule has 1 heterocycles. The van der Waals surface area contributed by atoms with Gasteiger partial charge in [0.25, 0.3) is 0 Å². The summed E-state index contributed by atoms with van der Waals surface area (Å²) < 4.78 is 32.3. The Hall–Kier alpha value is -1.37. The average molecular weight is 341 g/mol. The van der Waals surface area contributed by atoms with Crippen LogP contribution in [0.4, 0.5) is 0 Å². The first-order chi connectivity index (χ1) is 10.5. The van der Waals surface area contributed by atoms with Gasteiger partial charge in [-0.25, -0.2) is 13.1 Å². The van der Waals surface area contributed by atoms with Crippen molar-refractivity contribution in [1.29, 1.82) is 0 Å². The van der Waals surface area contributed by atoms with Gasteiger partial charge in [0.2, 0.25) is 10.0 Å². The van der Waals surface area contributed by atoms with Gasteiger partial charge in [-0.05, 0) is 36.5 Å². The summed E-state index contributed by atoms with van der Waals surface area (Å²) in [5.74, 6) is 0.147. The Morgan fingerprint density at radius 1 is 1.27 bits per heavy atom. The molecule has 1 aromatic heterocycles. The number of hydrogen-bond donors (Lipinski definition) is 1. The number of nitrogens with one attached hydrogen (secondary N) is 1. The van der Waals surface area contributed by atoms with E-state index in [1.807, 2.05) is 12.1 Å². The molecule has 3 rings (SSSR count). The van der Waals surface area contributed by atoms with E-state index in [9.17, 15) is 8.42 Å². The van der Waals surface area contributed by atoms with Crippen LogP contribution in [0.3, 0.4) is 0 Å². The number of hydrogen-bond acceptors (Lipinski definition) is 4. The van der Waals surface area contributed by atoms with Gasteiger partial charge in [0.05, 0.1) is 5.69 Å². The summed E-state index contributed by atoms with van der Waals surface area (Å²) in [4.78, 5) is 0. The summed E-state index contributed by atoms with van der Waals surface area (Å²) in [6, 6.07) is 8.67. The molecule has 0 amide bonds. The molecule has 1 atom stereocenters. The predicted molar refractivity (Wildman–Crippen MR) is 83.8 cm³/mol. The van der Waals surface area contributed by atoms with Crippen LogP contribution in [0.5, 0.6) is 0 Å². The molecular formula is C15H17ClN2O3S. The van der Waals surface area contributed by atoms with Gasteiger partial charge in [-0.1, -0.05) is 35.3 Å². The second-order valence-corrected chi connectivity index (χ2v) is 7.78. The molecule has 1 saturated carbocycles. The van der Waals surface area contributed by atoms with Gasteiger partial charge in [0.15, 0.2) is 0 Å². The highest BCUT2D eigenvalue weighted by molar-refractivity contribution is 7.88. The molecule has 1 fully saturated rings. The summed E-state index contributed by atoms with van der Waals surface area (Å²) in [6.45, 7) is 0. The largest absolute Gasteiger partial charge is 0.364 e. The third-order valence-electron chi connectivity index (χ3n) is 3.99. The van der Waals surface area contributed by atoms with E-state index in [1.165, 1.54) is 6.26 Å². The van der Waals surface area contributed by atoms with Crippen molar-refractivity contribution in [3.8, 4) is 0 Å². The fourth-order valence-electron chi connectivity index (χ4n) is 2.62. The number of nitrogens with zero attached hydrogens (tertiary/aromatic N) is 1. The Morgan fingerprint density at radius 3 is 2.55 bits per heavy atom. The van der Waals surface area contributed by atoms with E-state index in [1.54, 1.807) is 18.2 Å². The molecular weight excluding hydrogens is 324 g/mol. The molecule has 0 unspecified atom stereocenters. The molecule has 0 radical (unpaired) electrons. The number of halogens is 1. The Labute approximate surface area is 134 Å². The Bertz CT molecular complexity index is 710. The van der Waals surface area contributed by atoms with Crippen LogP contribution in [0.25, 0.3) is 0 Å². The summed E-state index contributed by atoms with van der Waals surface area (Å²) in [6.07, 6.45) is 4.56. The molecule has 0 bridgehead atoms. The highest BCUT2D eigenvalue weighted by atomic mass is 35.5. The molecule has 7 heteroatoms. The molecule has 1 aliphatic carbocycles. The van der Waals surface area contributed by atoms with Crippen molar-refractivity contribution in [2.75, 3.05) is 0 Å². The highest BCUT2D eigenvalue weighted by Gasteiger charge is 2.31. The molecule has 1 aliphatic rings. The van der Waals surface area contributed by atoms with Crippen molar-refractivity contribution < 1.29 is 12.9 Å². The fraction of sp³-hybridized carbons (Fsp3) is 0.400.